The number of thiophene rings is 1. The molecule has 4 heteroatoms. The zero-order valence-corrected chi connectivity index (χ0v) is 16.1. The Kier molecular flexibility index (Phi) is 7.07. The predicted octanol–water partition coefficient (Wildman–Crippen LogP) is 3.83. The maximum Gasteiger partial charge on any atom is 0.119 e. The minimum absolute atomic E-state index is 0.00550. The van der Waals surface area contributed by atoms with Crippen molar-refractivity contribution in [2.45, 2.75) is 45.6 Å². The Labute approximate surface area is 154 Å². The second-order valence-corrected chi connectivity index (χ2v) is 7.89. The first-order chi connectivity index (χ1) is 11.9. The SMILES string of the molecule is Cc1ccc(OCCC#Cc2ccc(CCC(C)(N)CO)s2)cc1C. The number of aliphatic hydroxyl groups excluding tert-OH is 1. The molecule has 0 saturated heterocycles. The smallest absolute Gasteiger partial charge is 0.119 e. The Bertz CT molecular complexity index is 753. The molecule has 0 bridgehead atoms. The predicted molar refractivity (Wildman–Crippen MR) is 105 cm³/mol. The molecule has 0 aliphatic heterocycles. The van der Waals surface area contributed by atoms with Crippen LogP contribution in [0.2, 0.25) is 0 Å². The first kappa shape index (κ1) is 19.5. The van der Waals surface area contributed by atoms with Crippen molar-refractivity contribution in [1.29, 1.82) is 0 Å². The van der Waals surface area contributed by atoms with E-state index in [-0.39, 0.29) is 6.61 Å². The lowest BCUT2D eigenvalue weighted by atomic mass is 9.98. The van der Waals surface area contributed by atoms with Gasteiger partial charge in [0.25, 0.3) is 0 Å². The maximum atomic E-state index is 9.20. The van der Waals surface area contributed by atoms with Crippen LogP contribution in [0.5, 0.6) is 5.75 Å². The third kappa shape index (κ3) is 6.55. The van der Waals surface area contributed by atoms with Crippen molar-refractivity contribution in [3.8, 4) is 17.6 Å². The van der Waals surface area contributed by atoms with Gasteiger partial charge in [-0.25, -0.2) is 0 Å². The van der Waals surface area contributed by atoms with Crippen molar-refractivity contribution in [2.75, 3.05) is 13.2 Å². The second-order valence-electron chi connectivity index (χ2n) is 6.72. The molecule has 0 spiro atoms. The summed E-state index contributed by atoms with van der Waals surface area (Å²) in [6.07, 6.45) is 2.34. The van der Waals surface area contributed by atoms with Gasteiger partial charge in [0, 0.05) is 16.8 Å². The van der Waals surface area contributed by atoms with E-state index >= 15 is 0 Å². The summed E-state index contributed by atoms with van der Waals surface area (Å²) in [6, 6.07) is 10.3. The van der Waals surface area contributed by atoms with Crippen LogP contribution in [0.4, 0.5) is 0 Å². The third-order valence-corrected chi connectivity index (χ3v) is 5.21. The van der Waals surface area contributed by atoms with E-state index in [1.807, 2.05) is 19.1 Å². The van der Waals surface area contributed by atoms with Crippen molar-refractivity contribution in [2.24, 2.45) is 5.73 Å². The molecular weight excluding hydrogens is 330 g/mol. The van der Waals surface area contributed by atoms with Crippen LogP contribution in [-0.2, 0) is 6.42 Å². The van der Waals surface area contributed by atoms with Crippen LogP contribution in [0.25, 0.3) is 0 Å². The van der Waals surface area contributed by atoms with E-state index in [0.717, 1.165) is 23.5 Å². The molecule has 25 heavy (non-hydrogen) atoms. The highest BCUT2D eigenvalue weighted by atomic mass is 32.1. The molecule has 0 radical (unpaired) electrons. The van der Waals surface area contributed by atoms with Gasteiger partial charge in [0.2, 0.25) is 0 Å². The fraction of sp³-hybridized carbons (Fsp3) is 0.429. The van der Waals surface area contributed by atoms with E-state index in [4.69, 9.17) is 10.5 Å². The summed E-state index contributed by atoms with van der Waals surface area (Å²) in [6.45, 7) is 6.65. The van der Waals surface area contributed by atoms with Crippen LogP contribution >= 0.6 is 11.3 Å². The summed E-state index contributed by atoms with van der Waals surface area (Å²) in [7, 11) is 0. The third-order valence-electron chi connectivity index (χ3n) is 4.15. The van der Waals surface area contributed by atoms with E-state index in [9.17, 15) is 5.11 Å². The average Bonchev–Trinajstić information content (AvgIpc) is 3.04. The van der Waals surface area contributed by atoms with Crippen molar-refractivity contribution in [3.63, 3.8) is 0 Å². The zero-order valence-electron chi connectivity index (χ0n) is 15.3. The largest absolute Gasteiger partial charge is 0.493 e. The van der Waals surface area contributed by atoms with Crippen LogP contribution < -0.4 is 10.5 Å². The number of nitrogens with two attached hydrogens (primary N) is 1. The van der Waals surface area contributed by atoms with Gasteiger partial charge < -0.3 is 15.6 Å². The van der Waals surface area contributed by atoms with Gasteiger partial charge >= 0.3 is 0 Å². The molecule has 0 fully saturated rings. The lowest BCUT2D eigenvalue weighted by Crippen LogP contribution is -2.40. The summed E-state index contributed by atoms with van der Waals surface area (Å²) in [5, 5.41) is 9.20. The number of benzene rings is 1. The molecule has 0 aliphatic carbocycles. The molecule has 134 valence electrons. The van der Waals surface area contributed by atoms with Gasteiger partial charge in [-0.05, 0) is 69.0 Å². The molecule has 3 N–H and O–H groups in total. The van der Waals surface area contributed by atoms with Gasteiger partial charge in [0.15, 0.2) is 0 Å². The quantitative estimate of drug-likeness (QED) is 0.585. The normalized spacial score (nSPS) is 13.0. The number of hydrogen-bond donors (Lipinski definition) is 2. The zero-order chi connectivity index (χ0) is 18.3. The van der Waals surface area contributed by atoms with E-state index in [1.54, 1.807) is 11.3 Å². The molecule has 1 aromatic carbocycles. The van der Waals surface area contributed by atoms with Crippen molar-refractivity contribution in [1.82, 2.24) is 0 Å². The van der Waals surface area contributed by atoms with Crippen molar-refractivity contribution < 1.29 is 9.84 Å². The van der Waals surface area contributed by atoms with E-state index in [0.29, 0.717) is 13.0 Å². The molecule has 0 saturated carbocycles. The van der Waals surface area contributed by atoms with Gasteiger partial charge in [0.05, 0.1) is 18.1 Å². The maximum absolute atomic E-state index is 9.20. The Balaban J connectivity index is 1.77. The topological polar surface area (TPSA) is 55.5 Å². The molecule has 1 unspecified atom stereocenters. The van der Waals surface area contributed by atoms with E-state index in [2.05, 4.69) is 43.9 Å². The molecule has 1 heterocycles. The number of aliphatic hydroxyl groups is 1. The molecule has 2 aromatic rings. The summed E-state index contributed by atoms with van der Waals surface area (Å²) in [4.78, 5) is 2.31. The average molecular weight is 358 g/mol. The Morgan fingerprint density at radius 1 is 1.20 bits per heavy atom. The minimum atomic E-state index is -0.512. The highest BCUT2D eigenvalue weighted by Gasteiger charge is 2.16. The fourth-order valence-corrected chi connectivity index (χ4v) is 3.12. The number of ether oxygens (including phenoxy) is 1. The molecule has 1 aromatic heterocycles. The summed E-state index contributed by atoms with van der Waals surface area (Å²) >= 11 is 1.69. The first-order valence-electron chi connectivity index (χ1n) is 8.57. The Morgan fingerprint density at radius 3 is 2.72 bits per heavy atom. The van der Waals surface area contributed by atoms with Gasteiger partial charge in [-0.2, -0.15) is 0 Å². The highest BCUT2D eigenvalue weighted by Crippen LogP contribution is 2.20. The lowest BCUT2D eigenvalue weighted by Gasteiger charge is -2.20. The standard InChI is InChI=1S/C21H27NO2S/c1-16-7-8-18(14-17(16)2)24-13-5-4-6-19-9-10-20(25-19)11-12-21(3,22)15-23/h7-10,14,23H,5,11-13,15,22H2,1-3H3. The second kappa shape index (κ2) is 9.05. The van der Waals surface area contributed by atoms with Gasteiger partial charge in [0.1, 0.15) is 5.75 Å². The summed E-state index contributed by atoms with van der Waals surface area (Å²) < 4.78 is 5.74. The van der Waals surface area contributed by atoms with Crippen LogP contribution in [0, 0.1) is 25.7 Å². The summed E-state index contributed by atoms with van der Waals surface area (Å²) in [5.74, 6) is 7.26. The van der Waals surface area contributed by atoms with E-state index in [1.165, 1.54) is 16.0 Å². The molecule has 2 rings (SSSR count). The van der Waals surface area contributed by atoms with Crippen LogP contribution in [0.3, 0.4) is 0 Å². The Hall–Kier alpha value is -1.80. The molecule has 3 nitrogen and oxygen atoms in total. The first-order valence-corrected chi connectivity index (χ1v) is 9.39. The van der Waals surface area contributed by atoms with Crippen LogP contribution in [-0.4, -0.2) is 23.9 Å². The minimum Gasteiger partial charge on any atom is -0.493 e. The van der Waals surface area contributed by atoms with Crippen LogP contribution in [0.15, 0.2) is 30.3 Å². The van der Waals surface area contributed by atoms with Gasteiger partial charge in [-0.15, -0.1) is 11.3 Å². The summed E-state index contributed by atoms with van der Waals surface area (Å²) in [5.41, 5.74) is 7.96. The number of aryl methyl sites for hydroxylation is 3. The van der Waals surface area contributed by atoms with Crippen LogP contribution in [0.1, 0.15) is 40.6 Å². The number of rotatable bonds is 7. The van der Waals surface area contributed by atoms with Gasteiger partial charge in [-0.3, -0.25) is 0 Å². The molecule has 0 aliphatic rings. The fourth-order valence-electron chi connectivity index (χ4n) is 2.24. The molecular formula is C21H27NO2S. The molecule has 1 atom stereocenters. The number of hydrogen-bond acceptors (Lipinski definition) is 4. The van der Waals surface area contributed by atoms with Gasteiger partial charge in [-0.1, -0.05) is 17.9 Å². The monoisotopic (exact) mass is 357 g/mol. The molecule has 0 amide bonds. The van der Waals surface area contributed by atoms with E-state index < -0.39 is 5.54 Å². The highest BCUT2D eigenvalue weighted by molar-refractivity contribution is 7.12. The Morgan fingerprint density at radius 2 is 2.00 bits per heavy atom. The lowest BCUT2D eigenvalue weighted by molar-refractivity contribution is 0.201. The van der Waals surface area contributed by atoms with Crippen molar-refractivity contribution in [3.05, 3.63) is 51.2 Å². The van der Waals surface area contributed by atoms with Crippen molar-refractivity contribution >= 4 is 11.3 Å².